The number of nitrogens with zero attached hydrogens (tertiary/aromatic N) is 1. The monoisotopic (exact) mass is 146 g/mol. The van der Waals surface area contributed by atoms with Gasteiger partial charge in [-0.3, -0.25) is 0 Å². The van der Waals surface area contributed by atoms with Crippen molar-refractivity contribution in [2.75, 3.05) is 27.2 Å². The van der Waals surface area contributed by atoms with Crippen LogP contribution in [0, 0.1) is 0 Å². The van der Waals surface area contributed by atoms with Crippen molar-refractivity contribution < 1.29 is 4.74 Å². The van der Waals surface area contributed by atoms with Crippen molar-refractivity contribution in [3.05, 3.63) is 0 Å². The summed E-state index contributed by atoms with van der Waals surface area (Å²) in [5.41, 5.74) is 5.58. The van der Waals surface area contributed by atoms with Crippen LogP contribution >= 0.6 is 0 Å². The predicted molar refractivity (Wildman–Crippen MR) is 42.8 cm³/mol. The van der Waals surface area contributed by atoms with Gasteiger partial charge in [0.05, 0.1) is 0 Å². The Kier molecular flexibility index (Phi) is 5.58. The molecule has 0 bridgehead atoms. The average Bonchev–Trinajstić information content (AvgIpc) is 1.85. The number of ether oxygens (including phenoxy) is 1. The van der Waals surface area contributed by atoms with Gasteiger partial charge in [-0.05, 0) is 27.4 Å². The van der Waals surface area contributed by atoms with Crippen molar-refractivity contribution in [3.8, 4) is 0 Å². The first-order valence-corrected chi connectivity index (χ1v) is 3.68. The Hall–Kier alpha value is -0.120. The molecule has 0 radical (unpaired) electrons. The first-order chi connectivity index (χ1) is 4.66. The lowest BCUT2D eigenvalue weighted by molar-refractivity contribution is 0.0566. The van der Waals surface area contributed by atoms with E-state index >= 15 is 0 Å². The van der Waals surface area contributed by atoms with Crippen LogP contribution in [0.4, 0.5) is 0 Å². The van der Waals surface area contributed by atoms with Crippen molar-refractivity contribution in [2.45, 2.75) is 19.6 Å². The van der Waals surface area contributed by atoms with Gasteiger partial charge in [-0.25, -0.2) is 0 Å². The Morgan fingerprint density at radius 1 is 1.50 bits per heavy atom. The fraction of sp³-hybridized carbons (Fsp3) is 1.00. The van der Waals surface area contributed by atoms with Gasteiger partial charge in [-0.1, -0.05) is 0 Å². The zero-order valence-corrected chi connectivity index (χ0v) is 7.13. The molecule has 0 fully saturated rings. The fourth-order valence-electron chi connectivity index (χ4n) is 0.683. The molecule has 1 unspecified atom stereocenters. The molecular weight excluding hydrogens is 128 g/mol. The van der Waals surface area contributed by atoms with E-state index in [-0.39, 0.29) is 6.23 Å². The van der Waals surface area contributed by atoms with Gasteiger partial charge >= 0.3 is 0 Å². The first kappa shape index (κ1) is 9.88. The van der Waals surface area contributed by atoms with Gasteiger partial charge in [0.25, 0.3) is 0 Å². The minimum absolute atomic E-state index is 0.0904. The molecule has 0 aromatic rings. The van der Waals surface area contributed by atoms with E-state index in [0.29, 0.717) is 6.61 Å². The highest BCUT2D eigenvalue weighted by atomic mass is 16.5. The van der Waals surface area contributed by atoms with Crippen molar-refractivity contribution in [1.29, 1.82) is 0 Å². The van der Waals surface area contributed by atoms with E-state index in [1.807, 2.05) is 21.0 Å². The summed E-state index contributed by atoms with van der Waals surface area (Å²) in [6.45, 7) is 3.64. The molecule has 1 atom stereocenters. The Morgan fingerprint density at radius 3 is 2.50 bits per heavy atom. The van der Waals surface area contributed by atoms with E-state index in [9.17, 15) is 0 Å². The molecule has 0 saturated heterocycles. The van der Waals surface area contributed by atoms with Crippen LogP contribution in [-0.2, 0) is 4.74 Å². The third-order valence-electron chi connectivity index (χ3n) is 1.24. The molecule has 62 valence electrons. The van der Waals surface area contributed by atoms with E-state index in [4.69, 9.17) is 10.5 Å². The van der Waals surface area contributed by atoms with E-state index in [1.54, 1.807) is 0 Å². The summed E-state index contributed by atoms with van der Waals surface area (Å²) in [5, 5.41) is 0. The number of rotatable bonds is 5. The third kappa shape index (κ3) is 6.01. The van der Waals surface area contributed by atoms with Gasteiger partial charge in [-0.15, -0.1) is 0 Å². The smallest absolute Gasteiger partial charge is 0.106 e. The van der Waals surface area contributed by atoms with Crippen molar-refractivity contribution in [1.82, 2.24) is 4.90 Å². The highest BCUT2D eigenvalue weighted by Gasteiger charge is 2.00. The zero-order chi connectivity index (χ0) is 7.98. The van der Waals surface area contributed by atoms with Crippen molar-refractivity contribution in [2.24, 2.45) is 5.73 Å². The Labute approximate surface area is 63.1 Å². The van der Waals surface area contributed by atoms with Gasteiger partial charge in [0, 0.05) is 13.2 Å². The summed E-state index contributed by atoms with van der Waals surface area (Å²) < 4.78 is 5.14. The Bertz CT molecular complexity index is 76.0. The molecule has 0 aliphatic carbocycles. The topological polar surface area (TPSA) is 38.5 Å². The molecule has 0 saturated carbocycles. The largest absolute Gasteiger partial charge is 0.364 e. The average molecular weight is 146 g/mol. The SMILES string of the molecule is CCOC(N)CCN(C)C. The summed E-state index contributed by atoms with van der Waals surface area (Å²) in [4.78, 5) is 2.10. The van der Waals surface area contributed by atoms with Crippen molar-refractivity contribution in [3.63, 3.8) is 0 Å². The van der Waals surface area contributed by atoms with Gasteiger partial charge in [0.2, 0.25) is 0 Å². The van der Waals surface area contributed by atoms with Gasteiger partial charge in [0.1, 0.15) is 6.23 Å². The summed E-state index contributed by atoms with van der Waals surface area (Å²) in [5.74, 6) is 0. The molecule has 3 heteroatoms. The van der Waals surface area contributed by atoms with Crippen LogP contribution in [0.15, 0.2) is 0 Å². The number of hydrogen-bond donors (Lipinski definition) is 1. The van der Waals surface area contributed by atoms with E-state index in [1.165, 1.54) is 0 Å². The van der Waals surface area contributed by atoms with E-state index in [2.05, 4.69) is 4.90 Å². The van der Waals surface area contributed by atoms with Crippen LogP contribution in [0.25, 0.3) is 0 Å². The van der Waals surface area contributed by atoms with Crippen LogP contribution in [0.3, 0.4) is 0 Å². The first-order valence-electron chi connectivity index (χ1n) is 3.68. The van der Waals surface area contributed by atoms with Crippen molar-refractivity contribution >= 4 is 0 Å². The molecule has 0 aromatic heterocycles. The minimum atomic E-state index is -0.0904. The summed E-state index contributed by atoms with van der Waals surface area (Å²) >= 11 is 0. The minimum Gasteiger partial charge on any atom is -0.364 e. The van der Waals surface area contributed by atoms with Crippen LogP contribution in [0.1, 0.15) is 13.3 Å². The molecule has 0 spiro atoms. The molecule has 0 aliphatic heterocycles. The maximum Gasteiger partial charge on any atom is 0.106 e. The maximum absolute atomic E-state index is 5.58. The van der Waals surface area contributed by atoms with Crippen LogP contribution in [-0.4, -0.2) is 38.4 Å². The van der Waals surface area contributed by atoms with E-state index < -0.39 is 0 Å². The quantitative estimate of drug-likeness (QED) is 0.565. The lowest BCUT2D eigenvalue weighted by Gasteiger charge is -2.14. The normalized spacial score (nSPS) is 14.1. The highest BCUT2D eigenvalue weighted by Crippen LogP contribution is 1.91. The van der Waals surface area contributed by atoms with Crippen LogP contribution < -0.4 is 5.73 Å². The lowest BCUT2D eigenvalue weighted by Crippen LogP contribution is -2.28. The molecule has 0 aliphatic rings. The second kappa shape index (κ2) is 5.65. The summed E-state index contributed by atoms with van der Waals surface area (Å²) in [7, 11) is 4.05. The standard InChI is InChI=1S/C7H18N2O/c1-4-10-7(8)5-6-9(2)3/h7H,4-6,8H2,1-3H3. The summed E-state index contributed by atoms with van der Waals surface area (Å²) in [6.07, 6.45) is 0.813. The second-order valence-electron chi connectivity index (χ2n) is 2.59. The molecule has 0 rings (SSSR count). The maximum atomic E-state index is 5.58. The number of nitrogens with two attached hydrogens (primary N) is 1. The van der Waals surface area contributed by atoms with Crippen LogP contribution in [0.5, 0.6) is 0 Å². The molecule has 3 nitrogen and oxygen atoms in total. The highest BCUT2D eigenvalue weighted by molar-refractivity contribution is 4.50. The Morgan fingerprint density at radius 2 is 2.10 bits per heavy atom. The molecule has 0 heterocycles. The van der Waals surface area contributed by atoms with Gasteiger partial charge < -0.3 is 15.4 Å². The third-order valence-corrected chi connectivity index (χ3v) is 1.24. The summed E-state index contributed by atoms with van der Waals surface area (Å²) in [6, 6.07) is 0. The fourth-order valence-corrected chi connectivity index (χ4v) is 0.683. The van der Waals surface area contributed by atoms with Crippen LogP contribution in [0.2, 0.25) is 0 Å². The second-order valence-corrected chi connectivity index (χ2v) is 2.59. The molecule has 0 amide bonds. The zero-order valence-electron chi connectivity index (χ0n) is 7.13. The van der Waals surface area contributed by atoms with Gasteiger partial charge in [-0.2, -0.15) is 0 Å². The predicted octanol–water partition coefficient (Wildman–Crippen LogP) is 0.259. The molecule has 0 aromatic carbocycles. The Balaban J connectivity index is 3.12. The number of hydrogen-bond acceptors (Lipinski definition) is 3. The molecular formula is C7H18N2O. The van der Waals surface area contributed by atoms with E-state index in [0.717, 1.165) is 13.0 Å². The molecule has 2 N–H and O–H groups in total. The lowest BCUT2D eigenvalue weighted by atomic mass is 10.4. The van der Waals surface area contributed by atoms with Gasteiger partial charge in [0.15, 0.2) is 0 Å². The molecule has 10 heavy (non-hydrogen) atoms.